The topological polar surface area (TPSA) is 12.0 Å². The second kappa shape index (κ2) is 7.44. The van der Waals surface area contributed by atoms with E-state index in [4.69, 9.17) is 0 Å². The van der Waals surface area contributed by atoms with Gasteiger partial charge in [-0.1, -0.05) is 45.7 Å². The van der Waals surface area contributed by atoms with Gasteiger partial charge in [0.2, 0.25) is 0 Å². The Kier molecular flexibility index (Phi) is 6.20. The fourth-order valence-corrected chi connectivity index (χ4v) is 2.11. The van der Waals surface area contributed by atoms with Crippen LogP contribution < -0.4 is 5.32 Å². The van der Waals surface area contributed by atoms with Crippen LogP contribution in [0.3, 0.4) is 0 Å². The number of hydrogen-bond donors (Lipinski definition) is 1. The smallest absolute Gasteiger partial charge is 0.123 e. The Hall–Kier alpha value is -0.890. The third-order valence-corrected chi connectivity index (χ3v) is 3.47. The van der Waals surface area contributed by atoms with E-state index < -0.39 is 0 Å². The maximum Gasteiger partial charge on any atom is 0.123 e. The molecule has 0 saturated carbocycles. The Morgan fingerprint density at radius 3 is 2.35 bits per heavy atom. The lowest BCUT2D eigenvalue weighted by Gasteiger charge is -2.21. The van der Waals surface area contributed by atoms with Gasteiger partial charge in [0.1, 0.15) is 5.82 Å². The van der Waals surface area contributed by atoms with Crippen molar-refractivity contribution in [3.63, 3.8) is 0 Å². The Morgan fingerprint density at radius 2 is 1.82 bits per heavy atom. The molecule has 0 aliphatic carbocycles. The summed E-state index contributed by atoms with van der Waals surface area (Å²) in [6.07, 6.45) is 3.38. The Bertz CT molecular complexity index is 320. The maximum atomic E-state index is 13.2. The predicted molar refractivity (Wildman–Crippen MR) is 71.5 cm³/mol. The standard InChI is InChI=1S/C15H24FN/c1-4-12(5-2)11-17-15(6-3)13-8-7-9-14(16)10-13/h7-10,12,15,17H,4-6,11H2,1-3H3. The molecule has 0 aliphatic heterocycles. The molecule has 0 heterocycles. The molecule has 0 radical (unpaired) electrons. The average Bonchev–Trinajstić information content (AvgIpc) is 2.35. The van der Waals surface area contributed by atoms with Crippen LogP contribution in [0.25, 0.3) is 0 Å². The summed E-state index contributed by atoms with van der Waals surface area (Å²) >= 11 is 0. The maximum absolute atomic E-state index is 13.2. The van der Waals surface area contributed by atoms with E-state index in [9.17, 15) is 4.39 Å². The van der Waals surface area contributed by atoms with Crippen LogP contribution in [0.2, 0.25) is 0 Å². The predicted octanol–water partition coefficient (Wildman–Crippen LogP) is 4.30. The van der Waals surface area contributed by atoms with Crippen LogP contribution in [-0.2, 0) is 0 Å². The number of hydrogen-bond acceptors (Lipinski definition) is 1. The minimum absolute atomic E-state index is 0.148. The van der Waals surface area contributed by atoms with Gasteiger partial charge in [0.25, 0.3) is 0 Å². The zero-order chi connectivity index (χ0) is 12.7. The fraction of sp³-hybridized carbons (Fsp3) is 0.600. The number of halogens is 1. The van der Waals surface area contributed by atoms with Crippen molar-refractivity contribution in [2.45, 2.75) is 46.1 Å². The van der Waals surface area contributed by atoms with Gasteiger partial charge in [0.15, 0.2) is 0 Å². The molecule has 1 nitrogen and oxygen atoms in total. The minimum atomic E-state index is -0.148. The van der Waals surface area contributed by atoms with Gasteiger partial charge < -0.3 is 5.32 Å². The van der Waals surface area contributed by atoms with E-state index >= 15 is 0 Å². The van der Waals surface area contributed by atoms with Gasteiger partial charge in [-0.2, -0.15) is 0 Å². The lowest BCUT2D eigenvalue weighted by atomic mass is 10.0. The number of rotatable bonds is 7. The molecule has 1 atom stereocenters. The van der Waals surface area contributed by atoms with E-state index in [0.29, 0.717) is 0 Å². The number of nitrogens with one attached hydrogen (secondary N) is 1. The molecule has 0 spiro atoms. The fourth-order valence-electron chi connectivity index (χ4n) is 2.11. The van der Waals surface area contributed by atoms with Crippen LogP contribution in [0.1, 0.15) is 51.6 Å². The molecular weight excluding hydrogens is 213 g/mol. The van der Waals surface area contributed by atoms with Crippen LogP contribution in [-0.4, -0.2) is 6.54 Å². The monoisotopic (exact) mass is 237 g/mol. The van der Waals surface area contributed by atoms with Crippen molar-refractivity contribution >= 4 is 0 Å². The summed E-state index contributed by atoms with van der Waals surface area (Å²) in [6.45, 7) is 7.59. The summed E-state index contributed by atoms with van der Waals surface area (Å²) < 4.78 is 13.2. The van der Waals surface area contributed by atoms with Crippen LogP contribution in [0.15, 0.2) is 24.3 Å². The highest BCUT2D eigenvalue weighted by Gasteiger charge is 2.11. The second-order valence-corrected chi connectivity index (χ2v) is 4.61. The molecule has 0 aromatic heterocycles. The third-order valence-electron chi connectivity index (χ3n) is 3.47. The molecule has 1 aromatic carbocycles. The SMILES string of the molecule is CCC(CC)CNC(CC)c1cccc(F)c1. The second-order valence-electron chi connectivity index (χ2n) is 4.61. The molecule has 0 fully saturated rings. The molecule has 0 amide bonds. The zero-order valence-electron chi connectivity index (χ0n) is 11.2. The highest BCUT2D eigenvalue weighted by molar-refractivity contribution is 5.20. The van der Waals surface area contributed by atoms with Gasteiger partial charge in [-0.05, 0) is 36.6 Å². The van der Waals surface area contributed by atoms with Crippen LogP contribution in [0.5, 0.6) is 0 Å². The van der Waals surface area contributed by atoms with Crippen LogP contribution in [0.4, 0.5) is 4.39 Å². The molecule has 1 N–H and O–H groups in total. The van der Waals surface area contributed by atoms with Gasteiger partial charge >= 0.3 is 0 Å². The molecule has 2 heteroatoms. The van der Waals surface area contributed by atoms with Gasteiger partial charge in [-0.25, -0.2) is 4.39 Å². The van der Waals surface area contributed by atoms with Crippen molar-refractivity contribution in [1.29, 1.82) is 0 Å². The van der Waals surface area contributed by atoms with Gasteiger partial charge in [-0.3, -0.25) is 0 Å². The van der Waals surface area contributed by atoms with E-state index in [-0.39, 0.29) is 11.9 Å². The Labute approximate surface area is 104 Å². The molecule has 1 aromatic rings. The van der Waals surface area contributed by atoms with Crippen LogP contribution in [0, 0.1) is 11.7 Å². The van der Waals surface area contributed by atoms with Crippen molar-refractivity contribution in [3.05, 3.63) is 35.6 Å². The van der Waals surface area contributed by atoms with Crippen molar-refractivity contribution in [2.24, 2.45) is 5.92 Å². The molecule has 0 saturated heterocycles. The molecular formula is C15H24FN. The Morgan fingerprint density at radius 1 is 1.12 bits per heavy atom. The minimum Gasteiger partial charge on any atom is -0.310 e. The molecule has 96 valence electrons. The lowest BCUT2D eigenvalue weighted by Crippen LogP contribution is -2.26. The first-order chi connectivity index (χ1) is 8.21. The van der Waals surface area contributed by atoms with Crippen molar-refractivity contribution in [1.82, 2.24) is 5.32 Å². The molecule has 1 unspecified atom stereocenters. The lowest BCUT2D eigenvalue weighted by molar-refractivity contribution is 0.405. The molecule has 0 bridgehead atoms. The van der Waals surface area contributed by atoms with E-state index in [1.807, 2.05) is 6.07 Å². The van der Waals surface area contributed by atoms with Crippen molar-refractivity contribution in [2.75, 3.05) is 6.54 Å². The first kappa shape index (κ1) is 14.2. The summed E-state index contributed by atoms with van der Waals surface area (Å²) in [5, 5.41) is 3.55. The van der Waals surface area contributed by atoms with Crippen molar-refractivity contribution < 1.29 is 4.39 Å². The largest absolute Gasteiger partial charge is 0.310 e. The highest BCUT2D eigenvalue weighted by atomic mass is 19.1. The summed E-state index contributed by atoms with van der Waals surface area (Å²) in [6, 6.07) is 7.18. The third kappa shape index (κ3) is 4.47. The average molecular weight is 237 g/mol. The summed E-state index contributed by atoms with van der Waals surface area (Å²) in [5.41, 5.74) is 1.05. The van der Waals surface area contributed by atoms with Gasteiger partial charge in [0.05, 0.1) is 0 Å². The first-order valence-corrected chi connectivity index (χ1v) is 6.70. The quantitative estimate of drug-likeness (QED) is 0.745. The van der Waals surface area contributed by atoms with E-state index in [1.165, 1.54) is 18.9 Å². The van der Waals surface area contributed by atoms with E-state index in [1.54, 1.807) is 12.1 Å². The summed E-state index contributed by atoms with van der Waals surface area (Å²) in [7, 11) is 0. The Balaban J connectivity index is 2.59. The molecule has 1 rings (SSSR count). The van der Waals surface area contributed by atoms with Crippen LogP contribution >= 0.6 is 0 Å². The van der Waals surface area contributed by atoms with E-state index in [0.717, 1.165) is 24.4 Å². The summed E-state index contributed by atoms with van der Waals surface area (Å²) in [4.78, 5) is 0. The molecule has 0 aliphatic rings. The summed E-state index contributed by atoms with van der Waals surface area (Å²) in [5.74, 6) is 0.572. The normalized spacial score (nSPS) is 13.0. The van der Waals surface area contributed by atoms with Gasteiger partial charge in [-0.15, -0.1) is 0 Å². The van der Waals surface area contributed by atoms with Gasteiger partial charge in [0, 0.05) is 6.04 Å². The molecule has 17 heavy (non-hydrogen) atoms. The zero-order valence-corrected chi connectivity index (χ0v) is 11.2. The number of benzene rings is 1. The highest BCUT2D eigenvalue weighted by Crippen LogP contribution is 2.18. The van der Waals surface area contributed by atoms with E-state index in [2.05, 4.69) is 26.1 Å². The van der Waals surface area contributed by atoms with Crippen molar-refractivity contribution in [3.8, 4) is 0 Å². The first-order valence-electron chi connectivity index (χ1n) is 6.70.